The van der Waals surface area contributed by atoms with Gasteiger partial charge in [0.1, 0.15) is 18.3 Å². The number of ether oxygens (including phenoxy) is 1. The van der Waals surface area contributed by atoms with Gasteiger partial charge in [0, 0.05) is 12.6 Å². The smallest absolute Gasteiger partial charge is 0.264 e. The van der Waals surface area contributed by atoms with Crippen molar-refractivity contribution in [1.82, 2.24) is 10.2 Å². The maximum absolute atomic E-state index is 14.1. The Morgan fingerprint density at radius 1 is 0.854 bits per heavy atom. The summed E-state index contributed by atoms with van der Waals surface area (Å²) in [6, 6.07) is 23.5. The molecule has 220 valence electrons. The van der Waals surface area contributed by atoms with Gasteiger partial charge in [-0.3, -0.25) is 13.9 Å². The van der Waals surface area contributed by atoms with E-state index < -0.39 is 28.5 Å². The Morgan fingerprint density at radius 2 is 1.46 bits per heavy atom. The van der Waals surface area contributed by atoms with Crippen molar-refractivity contribution in [1.29, 1.82) is 0 Å². The number of nitrogens with one attached hydrogen (secondary N) is 1. The Bertz CT molecular complexity index is 1350. The molecule has 0 fully saturated rings. The summed E-state index contributed by atoms with van der Waals surface area (Å²) in [5.74, 6) is -0.112. The fourth-order valence-electron chi connectivity index (χ4n) is 4.46. The number of amides is 2. The Labute approximate surface area is 244 Å². The molecular weight excluding hydrogens is 538 g/mol. The Kier molecular flexibility index (Phi) is 11.8. The van der Waals surface area contributed by atoms with E-state index in [1.807, 2.05) is 58.0 Å². The van der Waals surface area contributed by atoms with Crippen molar-refractivity contribution in [3.8, 4) is 5.75 Å². The molecule has 0 aromatic heterocycles. The molecule has 0 heterocycles. The summed E-state index contributed by atoms with van der Waals surface area (Å²) in [4.78, 5) is 29.0. The maximum atomic E-state index is 14.1. The molecule has 0 aliphatic heterocycles. The van der Waals surface area contributed by atoms with E-state index in [9.17, 15) is 18.0 Å². The topological polar surface area (TPSA) is 96.0 Å². The van der Waals surface area contributed by atoms with Crippen LogP contribution in [0.4, 0.5) is 5.69 Å². The van der Waals surface area contributed by atoms with Gasteiger partial charge >= 0.3 is 0 Å². The molecule has 0 saturated heterocycles. The van der Waals surface area contributed by atoms with Gasteiger partial charge in [0.2, 0.25) is 11.8 Å². The van der Waals surface area contributed by atoms with E-state index in [2.05, 4.69) is 5.32 Å². The minimum absolute atomic E-state index is 0.0542. The van der Waals surface area contributed by atoms with E-state index in [0.29, 0.717) is 30.9 Å². The molecule has 3 rings (SSSR count). The lowest BCUT2D eigenvalue weighted by Crippen LogP contribution is -2.54. The molecule has 0 aliphatic carbocycles. The van der Waals surface area contributed by atoms with Crippen LogP contribution >= 0.6 is 0 Å². The number of anilines is 1. The molecule has 2 amide bonds. The van der Waals surface area contributed by atoms with E-state index in [4.69, 9.17) is 4.74 Å². The normalized spacial score (nSPS) is 12.7. The molecule has 0 radical (unpaired) electrons. The third-order valence-corrected chi connectivity index (χ3v) is 8.71. The quantitative estimate of drug-likeness (QED) is 0.272. The molecule has 3 aromatic carbocycles. The van der Waals surface area contributed by atoms with E-state index >= 15 is 0 Å². The number of hydrogen-bond donors (Lipinski definition) is 1. The van der Waals surface area contributed by atoms with Gasteiger partial charge in [-0.25, -0.2) is 8.42 Å². The van der Waals surface area contributed by atoms with Crippen LogP contribution in [-0.2, 0) is 26.0 Å². The molecule has 2 atom stereocenters. The Balaban J connectivity index is 2.00. The predicted octanol–water partition coefficient (Wildman–Crippen LogP) is 5.05. The second-order valence-corrected chi connectivity index (χ2v) is 11.7. The Hall–Kier alpha value is -3.85. The summed E-state index contributed by atoms with van der Waals surface area (Å²) >= 11 is 0. The maximum Gasteiger partial charge on any atom is 0.264 e. The molecule has 3 aromatic rings. The molecule has 1 N–H and O–H groups in total. The highest BCUT2D eigenvalue weighted by atomic mass is 32.2. The van der Waals surface area contributed by atoms with Crippen LogP contribution in [-0.4, -0.2) is 56.9 Å². The van der Waals surface area contributed by atoms with Crippen LogP contribution in [0.5, 0.6) is 5.75 Å². The Morgan fingerprint density at radius 3 is 2.02 bits per heavy atom. The van der Waals surface area contributed by atoms with E-state index in [1.165, 1.54) is 17.0 Å². The first-order valence-electron chi connectivity index (χ1n) is 14.2. The number of carbonyl (C=O) groups is 2. The third-order valence-electron chi connectivity index (χ3n) is 6.92. The number of hydrogen-bond acceptors (Lipinski definition) is 5. The SMILES string of the molecule is CCOc1ccc(N(CC(=O)N(CCc2ccccc2)[C@@H](CC)C(=O)N[C@@H](C)CC)S(=O)(=O)c2ccccc2)cc1. The lowest BCUT2D eigenvalue weighted by Gasteiger charge is -2.33. The van der Waals surface area contributed by atoms with Crippen LogP contribution < -0.4 is 14.4 Å². The lowest BCUT2D eigenvalue weighted by molar-refractivity contribution is -0.139. The summed E-state index contributed by atoms with van der Waals surface area (Å²) < 4.78 is 34.4. The van der Waals surface area contributed by atoms with Crippen molar-refractivity contribution in [2.24, 2.45) is 0 Å². The number of carbonyl (C=O) groups excluding carboxylic acids is 2. The molecule has 0 unspecified atom stereocenters. The second kappa shape index (κ2) is 15.2. The van der Waals surface area contributed by atoms with E-state index in [-0.39, 0.29) is 23.4 Å². The molecule has 0 spiro atoms. The first kappa shape index (κ1) is 31.7. The van der Waals surface area contributed by atoms with Gasteiger partial charge in [0.15, 0.2) is 0 Å². The molecule has 9 heteroatoms. The zero-order valence-corrected chi connectivity index (χ0v) is 25.1. The van der Waals surface area contributed by atoms with Crippen molar-refractivity contribution in [3.05, 3.63) is 90.5 Å². The largest absolute Gasteiger partial charge is 0.494 e. The van der Waals surface area contributed by atoms with Gasteiger partial charge in [0.05, 0.1) is 17.2 Å². The molecule has 0 saturated carbocycles. The molecule has 0 bridgehead atoms. The number of sulfonamides is 1. The van der Waals surface area contributed by atoms with Gasteiger partial charge in [-0.2, -0.15) is 0 Å². The van der Waals surface area contributed by atoms with E-state index in [1.54, 1.807) is 42.5 Å². The standard InChI is InChI=1S/C32H41N3O5S/c1-5-25(4)33-32(37)30(6-2)34(23-22-26-14-10-8-11-15-26)31(36)24-35(27-18-20-28(21-19-27)40-7-3)41(38,39)29-16-12-9-13-17-29/h8-21,25,30H,5-7,22-24H2,1-4H3,(H,33,37)/t25-,30-/m0/s1. The van der Waals surface area contributed by atoms with Gasteiger partial charge in [-0.05, 0) is 75.1 Å². The minimum Gasteiger partial charge on any atom is -0.494 e. The van der Waals surface area contributed by atoms with Crippen molar-refractivity contribution >= 4 is 27.5 Å². The van der Waals surface area contributed by atoms with Crippen LogP contribution in [0.3, 0.4) is 0 Å². The summed E-state index contributed by atoms with van der Waals surface area (Å²) in [6.07, 6.45) is 1.66. The zero-order chi connectivity index (χ0) is 29.8. The molecule has 41 heavy (non-hydrogen) atoms. The predicted molar refractivity (Wildman–Crippen MR) is 162 cm³/mol. The highest BCUT2D eigenvalue weighted by molar-refractivity contribution is 7.92. The zero-order valence-electron chi connectivity index (χ0n) is 24.3. The fourth-order valence-corrected chi connectivity index (χ4v) is 5.90. The monoisotopic (exact) mass is 579 g/mol. The first-order chi connectivity index (χ1) is 19.7. The average Bonchev–Trinajstić information content (AvgIpc) is 2.99. The van der Waals surface area contributed by atoms with Crippen molar-refractivity contribution in [2.75, 3.05) is 24.0 Å². The van der Waals surface area contributed by atoms with Gasteiger partial charge in [-0.15, -0.1) is 0 Å². The molecule has 0 aliphatic rings. The van der Waals surface area contributed by atoms with Crippen LogP contribution in [0.1, 0.15) is 46.1 Å². The minimum atomic E-state index is -4.11. The van der Waals surface area contributed by atoms with Gasteiger partial charge in [0.25, 0.3) is 10.0 Å². The number of rotatable bonds is 15. The summed E-state index contributed by atoms with van der Waals surface area (Å²) in [5, 5.41) is 2.99. The van der Waals surface area contributed by atoms with E-state index in [0.717, 1.165) is 16.3 Å². The highest BCUT2D eigenvalue weighted by Crippen LogP contribution is 2.26. The van der Waals surface area contributed by atoms with Gasteiger partial charge < -0.3 is 15.0 Å². The summed E-state index contributed by atoms with van der Waals surface area (Å²) in [6.45, 7) is 7.88. The summed E-state index contributed by atoms with van der Waals surface area (Å²) in [7, 11) is -4.11. The van der Waals surface area contributed by atoms with Crippen molar-refractivity contribution in [3.63, 3.8) is 0 Å². The molecule has 8 nitrogen and oxygen atoms in total. The van der Waals surface area contributed by atoms with Crippen molar-refractivity contribution in [2.45, 2.75) is 63.9 Å². The lowest BCUT2D eigenvalue weighted by atomic mass is 10.1. The van der Waals surface area contributed by atoms with Crippen LogP contribution in [0, 0.1) is 0 Å². The van der Waals surface area contributed by atoms with Crippen LogP contribution in [0.2, 0.25) is 0 Å². The van der Waals surface area contributed by atoms with Crippen molar-refractivity contribution < 1.29 is 22.7 Å². The first-order valence-corrected chi connectivity index (χ1v) is 15.6. The number of nitrogens with zero attached hydrogens (tertiary/aromatic N) is 2. The van der Waals surface area contributed by atoms with Crippen LogP contribution in [0.15, 0.2) is 89.8 Å². The molecular formula is C32H41N3O5S. The van der Waals surface area contributed by atoms with Gasteiger partial charge in [-0.1, -0.05) is 62.4 Å². The highest BCUT2D eigenvalue weighted by Gasteiger charge is 2.33. The number of benzene rings is 3. The summed E-state index contributed by atoms with van der Waals surface area (Å²) in [5.41, 5.74) is 1.34. The average molecular weight is 580 g/mol. The van der Waals surface area contributed by atoms with Crippen LogP contribution in [0.25, 0.3) is 0 Å². The third kappa shape index (κ3) is 8.57. The fraction of sp³-hybridized carbons (Fsp3) is 0.375. The second-order valence-electron chi connectivity index (χ2n) is 9.82.